The van der Waals surface area contributed by atoms with Gasteiger partial charge in [0.1, 0.15) is 12.1 Å². The Labute approximate surface area is 128 Å². The van der Waals surface area contributed by atoms with Crippen molar-refractivity contribution in [2.24, 2.45) is 5.92 Å². The molecule has 122 valence electrons. The highest BCUT2D eigenvalue weighted by atomic mass is 16.5. The molecule has 0 saturated carbocycles. The van der Waals surface area contributed by atoms with E-state index in [0.717, 1.165) is 12.8 Å². The highest BCUT2D eigenvalue weighted by Gasteiger charge is 2.41. The predicted octanol–water partition coefficient (Wildman–Crippen LogP) is 1.95. The number of nitrogens with zero attached hydrogens (tertiary/aromatic N) is 1. The van der Waals surface area contributed by atoms with Gasteiger partial charge in [-0.2, -0.15) is 0 Å². The summed E-state index contributed by atoms with van der Waals surface area (Å²) < 4.78 is 5.55. The summed E-state index contributed by atoms with van der Waals surface area (Å²) in [5.41, 5.74) is 0. The van der Waals surface area contributed by atoms with Gasteiger partial charge >= 0.3 is 0 Å². The minimum Gasteiger partial charge on any atom is -0.377 e. The molecule has 1 aliphatic heterocycles. The van der Waals surface area contributed by atoms with E-state index >= 15 is 0 Å². The van der Waals surface area contributed by atoms with Crippen LogP contribution in [0.5, 0.6) is 0 Å². The maximum atomic E-state index is 12.7. The third-order valence-electron chi connectivity index (χ3n) is 4.08. The van der Waals surface area contributed by atoms with Crippen molar-refractivity contribution in [3.8, 4) is 0 Å². The lowest BCUT2D eigenvalue weighted by molar-refractivity contribution is -0.152. The molecule has 21 heavy (non-hydrogen) atoms. The monoisotopic (exact) mass is 298 g/mol. The SMILES string of the molecule is CCCC1C(=O)NC(C(C)CC)C(=O)N1CCOC(C)C. The smallest absolute Gasteiger partial charge is 0.246 e. The van der Waals surface area contributed by atoms with Crippen LogP contribution in [-0.4, -0.2) is 48.1 Å². The van der Waals surface area contributed by atoms with E-state index in [0.29, 0.717) is 19.6 Å². The summed E-state index contributed by atoms with van der Waals surface area (Å²) in [6, 6.07) is -0.742. The Balaban J connectivity index is 2.81. The lowest BCUT2D eigenvalue weighted by Gasteiger charge is -2.40. The van der Waals surface area contributed by atoms with Crippen LogP contribution in [0.2, 0.25) is 0 Å². The van der Waals surface area contributed by atoms with E-state index in [2.05, 4.69) is 5.32 Å². The molecule has 0 aromatic heterocycles. The molecule has 1 N–H and O–H groups in total. The molecule has 1 fully saturated rings. The van der Waals surface area contributed by atoms with Gasteiger partial charge in [-0.3, -0.25) is 9.59 Å². The van der Waals surface area contributed by atoms with Gasteiger partial charge in [0.25, 0.3) is 0 Å². The zero-order chi connectivity index (χ0) is 16.0. The number of rotatable bonds is 8. The molecule has 0 aromatic rings. The number of hydrogen-bond acceptors (Lipinski definition) is 3. The van der Waals surface area contributed by atoms with Gasteiger partial charge in [-0.1, -0.05) is 33.6 Å². The van der Waals surface area contributed by atoms with E-state index in [4.69, 9.17) is 4.74 Å². The Morgan fingerprint density at radius 1 is 1.24 bits per heavy atom. The van der Waals surface area contributed by atoms with Crippen LogP contribution < -0.4 is 5.32 Å². The third-order valence-corrected chi connectivity index (χ3v) is 4.08. The maximum Gasteiger partial charge on any atom is 0.246 e. The fourth-order valence-corrected chi connectivity index (χ4v) is 2.62. The second-order valence-electron chi connectivity index (χ2n) is 6.13. The van der Waals surface area contributed by atoms with E-state index in [1.165, 1.54) is 0 Å². The average molecular weight is 298 g/mol. The third kappa shape index (κ3) is 4.70. The summed E-state index contributed by atoms with van der Waals surface area (Å²) in [6.45, 7) is 11.0. The Morgan fingerprint density at radius 2 is 1.90 bits per heavy atom. The van der Waals surface area contributed by atoms with Crippen molar-refractivity contribution >= 4 is 11.8 Å². The first-order valence-corrected chi connectivity index (χ1v) is 8.14. The van der Waals surface area contributed by atoms with Gasteiger partial charge in [-0.05, 0) is 26.2 Å². The van der Waals surface area contributed by atoms with Gasteiger partial charge < -0.3 is 15.0 Å². The van der Waals surface area contributed by atoms with Crippen LogP contribution in [0, 0.1) is 5.92 Å². The minimum atomic E-state index is -0.394. The van der Waals surface area contributed by atoms with E-state index in [-0.39, 0.29) is 29.9 Å². The fraction of sp³-hybridized carbons (Fsp3) is 0.875. The van der Waals surface area contributed by atoms with Crippen molar-refractivity contribution in [3.63, 3.8) is 0 Å². The number of carbonyl (C=O) groups excluding carboxylic acids is 2. The summed E-state index contributed by atoms with van der Waals surface area (Å²) in [6.07, 6.45) is 2.58. The molecule has 3 atom stereocenters. The second kappa shape index (κ2) is 8.37. The minimum absolute atomic E-state index is 0.0219. The quantitative estimate of drug-likeness (QED) is 0.745. The lowest BCUT2D eigenvalue weighted by atomic mass is 9.93. The van der Waals surface area contributed by atoms with Crippen LogP contribution in [0.4, 0.5) is 0 Å². The molecule has 0 aromatic carbocycles. The highest BCUT2D eigenvalue weighted by Crippen LogP contribution is 2.20. The Kier molecular flexibility index (Phi) is 7.15. The van der Waals surface area contributed by atoms with E-state index < -0.39 is 6.04 Å². The number of nitrogens with one attached hydrogen (secondary N) is 1. The molecule has 1 rings (SSSR count). The standard InChI is InChI=1S/C16H30N2O3/c1-6-8-13-15(19)17-14(12(5)7-2)16(20)18(13)9-10-21-11(3)4/h11-14H,6-10H2,1-5H3,(H,17,19). The summed E-state index contributed by atoms with van der Waals surface area (Å²) in [4.78, 5) is 26.7. The summed E-state index contributed by atoms with van der Waals surface area (Å²) >= 11 is 0. The van der Waals surface area contributed by atoms with Crippen LogP contribution in [0.15, 0.2) is 0 Å². The topological polar surface area (TPSA) is 58.6 Å². The molecule has 0 bridgehead atoms. The number of ether oxygens (including phenoxy) is 1. The van der Waals surface area contributed by atoms with E-state index in [1.807, 2.05) is 34.6 Å². The molecule has 3 unspecified atom stereocenters. The zero-order valence-corrected chi connectivity index (χ0v) is 14.0. The molecule has 2 amide bonds. The average Bonchev–Trinajstić information content (AvgIpc) is 2.44. The molecule has 0 aliphatic carbocycles. The van der Waals surface area contributed by atoms with Crippen molar-refractivity contribution < 1.29 is 14.3 Å². The normalized spacial score (nSPS) is 24.4. The van der Waals surface area contributed by atoms with Gasteiger partial charge in [0.05, 0.1) is 12.7 Å². The molecule has 0 spiro atoms. The summed E-state index contributed by atoms with van der Waals surface area (Å²) in [7, 11) is 0. The highest BCUT2D eigenvalue weighted by molar-refractivity contribution is 5.97. The van der Waals surface area contributed by atoms with Crippen molar-refractivity contribution in [3.05, 3.63) is 0 Å². The van der Waals surface area contributed by atoms with Crippen LogP contribution in [-0.2, 0) is 14.3 Å². The molecule has 1 saturated heterocycles. The van der Waals surface area contributed by atoms with Gasteiger partial charge in [0.2, 0.25) is 11.8 Å². The predicted molar refractivity (Wildman–Crippen MR) is 82.9 cm³/mol. The number of amides is 2. The maximum absolute atomic E-state index is 12.7. The lowest BCUT2D eigenvalue weighted by Crippen LogP contribution is -2.65. The van der Waals surface area contributed by atoms with E-state index in [1.54, 1.807) is 4.90 Å². The van der Waals surface area contributed by atoms with Gasteiger partial charge in [0, 0.05) is 6.54 Å². The van der Waals surface area contributed by atoms with Gasteiger partial charge in [-0.15, -0.1) is 0 Å². The molecule has 5 nitrogen and oxygen atoms in total. The van der Waals surface area contributed by atoms with E-state index in [9.17, 15) is 9.59 Å². The van der Waals surface area contributed by atoms with Gasteiger partial charge in [0.15, 0.2) is 0 Å². The van der Waals surface area contributed by atoms with Crippen molar-refractivity contribution in [2.45, 2.75) is 72.1 Å². The first-order chi connectivity index (χ1) is 9.92. The number of carbonyl (C=O) groups is 2. The van der Waals surface area contributed by atoms with Crippen LogP contribution in [0.1, 0.15) is 53.9 Å². The molecular weight excluding hydrogens is 268 g/mol. The molecule has 5 heteroatoms. The Morgan fingerprint density at radius 3 is 2.43 bits per heavy atom. The first-order valence-electron chi connectivity index (χ1n) is 8.14. The molecule has 1 aliphatic rings. The van der Waals surface area contributed by atoms with Crippen molar-refractivity contribution in [2.75, 3.05) is 13.2 Å². The van der Waals surface area contributed by atoms with Crippen LogP contribution in [0.3, 0.4) is 0 Å². The van der Waals surface area contributed by atoms with Crippen LogP contribution in [0.25, 0.3) is 0 Å². The molecular formula is C16H30N2O3. The summed E-state index contributed by atoms with van der Waals surface area (Å²) in [5.74, 6) is 0.165. The van der Waals surface area contributed by atoms with Crippen molar-refractivity contribution in [1.82, 2.24) is 10.2 Å². The largest absolute Gasteiger partial charge is 0.377 e. The molecule has 1 heterocycles. The second-order valence-corrected chi connectivity index (χ2v) is 6.13. The fourth-order valence-electron chi connectivity index (χ4n) is 2.62. The Hall–Kier alpha value is -1.10. The molecule has 0 radical (unpaired) electrons. The number of piperazine rings is 1. The van der Waals surface area contributed by atoms with Crippen LogP contribution >= 0.6 is 0 Å². The zero-order valence-electron chi connectivity index (χ0n) is 14.0. The summed E-state index contributed by atoms with van der Waals surface area (Å²) in [5, 5.41) is 2.91. The first kappa shape index (κ1) is 18.0. The Bertz CT molecular complexity index is 357. The van der Waals surface area contributed by atoms with Gasteiger partial charge in [-0.25, -0.2) is 0 Å². The number of hydrogen-bond donors (Lipinski definition) is 1. The van der Waals surface area contributed by atoms with Crippen molar-refractivity contribution in [1.29, 1.82) is 0 Å².